The molecule has 2 heterocycles. The molecule has 0 aliphatic carbocycles. The highest BCUT2D eigenvalue weighted by molar-refractivity contribution is 5.77. The number of fused-ring (bicyclic) bond motifs is 1. The van der Waals surface area contributed by atoms with Crippen molar-refractivity contribution in [1.82, 2.24) is 19.8 Å². The first-order chi connectivity index (χ1) is 13.0. The van der Waals surface area contributed by atoms with E-state index < -0.39 is 0 Å². The molecular formula is C20H28N4O3. The lowest BCUT2D eigenvalue weighted by Gasteiger charge is -2.44. The van der Waals surface area contributed by atoms with Crippen LogP contribution in [0.2, 0.25) is 0 Å². The average molecular weight is 372 g/mol. The van der Waals surface area contributed by atoms with Crippen molar-refractivity contribution in [2.24, 2.45) is 0 Å². The van der Waals surface area contributed by atoms with Gasteiger partial charge in [-0.3, -0.25) is 14.5 Å². The van der Waals surface area contributed by atoms with Crippen LogP contribution in [0.1, 0.15) is 26.0 Å². The largest absolute Gasteiger partial charge is 0.383 e. The van der Waals surface area contributed by atoms with Crippen molar-refractivity contribution in [1.29, 1.82) is 0 Å². The summed E-state index contributed by atoms with van der Waals surface area (Å²) < 4.78 is 5.18. The Morgan fingerprint density at radius 2 is 1.96 bits per heavy atom. The van der Waals surface area contributed by atoms with Crippen LogP contribution in [0.4, 0.5) is 0 Å². The van der Waals surface area contributed by atoms with Crippen LogP contribution >= 0.6 is 0 Å². The molecule has 1 aromatic carbocycles. The maximum absolute atomic E-state index is 12.7. The number of piperazine rings is 1. The van der Waals surface area contributed by atoms with E-state index in [2.05, 4.69) is 28.7 Å². The number of aromatic nitrogens is 2. The van der Waals surface area contributed by atoms with Crippen LogP contribution in [-0.4, -0.2) is 71.1 Å². The molecule has 0 bridgehead atoms. The Balaban J connectivity index is 1.61. The molecule has 3 rings (SSSR count). The van der Waals surface area contributed by atoms with Crippen molar-refractivity contribution in [2.45, 2.75) is 38.8 Å². The second-order valence-electron chi connectivity index (χ2n) is 7.26. The maximum Gasteiger partial charge on any atom is 0.270 e. The van der Waals surface area contributed by atoms with Crippen LogP contribution in [0, 0.1) is 0 Å². The van der Waals surface area contributed by atoms with Crippen molar-refractivity contribution in [3.8, 4) is 0 Å². The smallest absolute Gasteiger partial charge is 0.270 e. The number of ether oxygens (including phenoxy) is 1. The Hall–Kier alpha value is -2.25. The number of benzene rings is 1. The van der Waals surface area contributed by atoms with Gasteiger partial charge in [0.15, 0.2) is 0 Å². The fourth-order valence-corrected chi connectivity index (χ4v) is 3.82. The zero-order valence-corrected chi connectivity index (χ0v) is 16.3. The summed E-state index contributed by atoms with van der Waals surface area (Å²) in [5.41, 5.74) is 1.66. The number of carbonyl (C=O) groups is 1. The second kappa shape index (κ2) is 8.63. The standard InChI is InChI=1S/C20H28N4O3/c1-14-12-23(13-15(2)24(14)10-11-27-3)19(25)9-8-18-20(26)22-17-7-5-4-6-16(17)21-18/h4-7,14-15H,8-13H2,1-3H3,(H,22,26). The number of H-pyrrole nitrogens is 1. The van der Waals surface area contributed by atoms with Crippen molar-refractivity contribution >= 4 is 16.9 Å². The average Bonchev–Trinajstić information content (AvgIpc) is 2.65. The number of para-hydroxylation sites is 2. The number of aryl methyl sites for hydroxylation is 1. The van der Waals surface area contributed by atoms with Crippen molar-refractivity contribution in [3.05, 3.63) is 40.3 Å². The van der Waals surface area contributed by atoms with Gasteiger partial charge in [-0.05, 0) is 26.0 Å². The molecule has 1 aliphatic heterocycles. The molecule has 7 nitrogen and oxygen atoms in total. The molecule has 0 saturated carbocycles. The van der Waals surface area contributed by atoms with Crippen LogP contribution in [0.3, 0.4) is 0 Å². The molecular weight excluding hydrogens is 344 g/mol. The molecule has 1 fully saturated rings. The summed E-state index contributed by atoms with van der Waals surface area (Å²) in [7, 11) is 1.71. The first kappa shape index (κ1) is 19.5. The molecule has 2 unspecified atom stereocenters. The Bertz CT molecular complexity index is 838. The van der Waals surface area contributed by atoms with Crippen LogP contribution in [-0.2, 0) is 16.0 Å². The first-order valence-electron chi connectivity index (χ1n) is 9.50. The fourth-order valence-electron chi connectivity index (χ4n) is 3.82. The van der Waals surface area contributed by atoms with E-state index in [4.69, 9.17) is 4.74 Å². The first-order valence-corrected chi connectivity index (χ1v) is 9.50. The number of hydrogen-bond acceptors (Lipinski definition) is 5. The van der Waals surface area contributed by atoms with Crippen molar-refractivity contribution in [2.75, 3.05) is 33.4 Å². The van der Waals surface area contributed by atoms with Gasteiger partial charge in [-0.15, -0.1) is 0 Å². The van der Waals surface area contributed by atoms with Crippen LogP contribution in [0.15, 0.2) is 29.1 Å². The molecule has 2 atom stereocenters. The van der Waals surface area contributed by atoms with Gasteiger partial charge in [0.25, 0.3) is 5.56 Å². The van der Waals surface area contributed by atoms with E-state index >= 15 is 0 Å². The van der Waals surface area contributed by atoms with Crippen molar-refractivity contribution < 1.29 is 9.53 Å². The summed E-state index contributed by atoms with van der Waals surface area (Å²) >= 11 is 0. The molecule has 1 amide bonds. The van der Waals surface area contributed by atoms with Gasteiger partial charge in [0.05, 0.1) is 17.6 Å². The molecule has 0 spiro atoms. The van der Waals surface area contributed by atoms with E-state index in [9.17, 15) is 9.59 Å². The molecule has 1 saturated heterocycles. The summed E-state index contributed by atoms with van der Waals surface area (Å²) in [6.45, 7) is 7.25. The Labute approximate surface area is 159 Å². The van der Waals surface area contributed by atoms with Crippen LogP contribution < -0.4 is 5.56 Å². The molecule has 27 heavy (non-hydrogen) atoms. The van der Waals surface area contributed by atoms with Crippen LogP contribution in [0.25, 0.3) is 11.0 Å². The third-order valence-corrected chi connectivity index (χ3v) is 5.25. The van der Waals surface area contributed by atoms with E-state index in [1.54, 1.807) is 7.11 Å². The second-order valence-corrected chi connectivity index (χ2v) is 7.26. The molecule has 1 aliphatic rings. The maximum atomic E-state index is 12.7. The number of methoxy groups -OCH3 is 1. The zero-order valence-electron chi connectivity index (χ0n) is 16.3. The quantitative estimate of drug-likeness (QED) is 0.830. The van der Waals surface area contributed by atoms with Gasteiger partial charge in [0.2, 0.25) is 5.91 Å². The monoisotopic (exact) mass is 372 g/mol. The molecule has 0 radical (unpaired) electrons. The van der Waals surface area contributed by atoms with Crippen LogP contribution in [0.5, 0.6) is 0 Å². The topological polar surface area (TPSA) is 78.5 Å². The molecule has 146 valence electrons. The van der Waals surface area contributed by atoms with E-state index in [0.29, 0.717) is 43.7 Å². The Morgan fingerprint density at radius 3 is 2.67 bits per heavy atom. The molecule has 1 aromatic heterocycles. The van der Waals surface area contributed by atoms with E-state index in [-0.39, 0.29) is 23.6 Å². The predicted molar refractivity (Wildman–Crippen MR) is 105 cm³/mol. The number of amides is 1. The van der Waals surface area contributed by atoms with E-state index in [0.717, 1.165) is 12.1 Å². The number of nitrogens with one attached hydrogen (secondary N) is 1. The highest BCUT2D eigenvalue weighted by atomic mass is 16.5. The summed E-state index contributed by atoms with van der Waals surface area (Å²) in [5, 5.41) is 0. The molecule has 2 aromatic rings. The van der Waals surface area contributed by atoms with Gasteiger partial charge in [-0.2, -0.15) is 0 Å². The molecule has 1 N–H and O–H groups in total. The Morgan fingerprint density at radius 1 is 1.26 bits per heavy atom. The molecule has 7 heteroatoms. The van der Waals surface area contributed by atoms with E-state index in [1.807, 2.05) is 29.2 Å². The minimum Gasteiger partial charge on any atom is -0.383 e. The number of hydrogen-bond donors (Lipinski definition) is 1. The normalized spacial score (nSPS) is 20.9. The highest BCUT2D eigenvalue weighted by Gasteiger charge is 2.31. The predicted octanol–water partition coefficient (Wildman–Crippen LogP) is 1.42. The minimum atomic E-state index is -0.215. The third-order valence-electron chi connectivity index (χ3n) is 5.25. The summed E-state index contributed by atoms with van der Waals surface area (Å²) in [5.74, 6) is 0.0782. The van der Waals surface area contributed by atoms with Gasteiger partial charge in [0.1, 0.15) is 5.69 Å². The fraction of sp³-hybridized carbons (Fsp3) is 0.550. The van der Waals surface area contributed by atoms with Gasteiger partial charge >= 0.3 is 0 Å². The number of carbonyl (C=O) groups excluding carboxylic acids is 1. The van der Waals surface area contributed by atoms with Gasteiger partial charge in [-0.1, -0.05) is 12.1 Å². The lowest BCUT2D eigenvalue weighted by molar-refractivity contribution is -0.135. The Kier molecular flexibility index (Phi) is 6.23. The van der Waals surface area contributed by atoms with Crippen molar-refractivity contribution in [3.63, 3.8) is 0 Å². The number of aromatic amines is 1. The zero-order chi connectivity index (χ0) is 19.4. The minimum absolute atomic E-state index is 0.0782. The third kappa shape index (κ3) is 4.54. The summed E-state index contributed by atoms with van der Waals surface area (Å²) in [6.07, 6.45) is 0.650. The number of rotatable bonds is 6. The SMILES string of the molecule is COCCN1C(C)CN(C(=O)CCc2nc3ccccc3[nH]c2=O)CC1C. The lowest BCUT2D eigenvalue weighted by atomic mass is 10.1. The number of nitrogens with zero attached hydrogens (tertiary/aromatic N) is 3. The highest BCUT2D eigenvalue weighted by Crippen LogP contribution is 2.17. The van der Waals surface area contributed by atoms with Gasteiger partial charge < -0.3 is 14.6 Å². The lowest BCUT2D eigenvalue weighted by Crippen LogP contribution is -2.58. The van der Waals surface area contributed by atoms with E-state index in [1.165, 1.54) is 0 Å². The summed E-state index contributed by atoms with van der Waals surface area (Å²) in [4.78, 5) is 36.5. The van der Waals surface area contributed by atoms with Gasteiger partial charge in [-0.25, -0.2) is 4.98 Å². The van der Waals surface area contributed by atoms with Gasteiger partial charge in [0, 0.05) is 51.7 Å². The summed E-state index contributed by atoms with van der Waals surface area (Å²) in [6, 6.07) is 8.00.